The van der Waals surface area contributed by atoms with Gasteiger partial charge in [-0.25, -0.2) is 4.57 Å². The molecule has 1 amide bonds. The summed E-state index contributed by atoms with van der Waals surface area (Å²) in [6.45, 7) is 6.18. The summed E-state index contributed by atoms with van der Waals surface area (Å²) >= 11 is 0. The third kappa shape index (κ3) is 12.8. The molecule has 0 saturated carbocycles. The Balaban J connectivity index is 1.69. The minimum absolute atomic E-state index is 0.0148. The molecule has 0 saturated heterocycles. The first kappa shape index (κ1) is 35.9. The number of phosphoric ester groups is 1. The van der Waals surface area contributed by atoms with E-state index in [0.717, 1.165) is 30.6 Å². The maximum atomic E-state index is 12.7. The molecule has 1 heterocycles. The van der Waals surface area contributed by atoms with Crippen molar-refractivity contribution in [3.05, 3.63) is 84.7 Å². The number of benzene rings is 2. The first-order valence-corrected chi connectivity index (χ1v) is 16.0. The number of esters is 1. The Hall–Kier alpha value is -4.55. The summed E-state index contributed by atoms with van der Waals surface area (Å²) in [7, 11) is -3.48. The second-order valence-corrected chi connectivity index (χ2v) is 11.5. The summed E-state index contributed by atoms with van der Waals surface area (Å²) in [5, 5.41) is 8.93. The minimum Gasteiger partial charge on any atom is -0.468 e. The monoisotopic (exact) mass is 654 g/mol. The van der Waals surface area contributed by atoms with Gasteiger partial charge in [0.2, 0.25) is 5.91 Å². The van der Waals surface area contributed by atoms with Crippen LogP contribution in [0.4, 0.5) is 5.69 Å². The Bertz CT molecular complexity index is 1530. The average Bonchev–Trinajstić information content (AvgIpc) is 3.02. The molecule has 0 aliphatic rings. The lowest BCUT2D eigenvalue weighted by molar-refractivity contribution is -0.144. The summed E-state index contributed by atoms with van der Waals surface area (Å²) in [4.78, 5) is 58.6. The van der Waals surface area contributed by atoms with E-state index in [9.17, 15) is 18.9 Å². The largest absolute Gasteiger partial charge is 0.524 e. The van der Waals surface area contributed by atoms with Crippen molar-refractivity contribution in [2.45, 2.75) is 38.6 Å². The highest BCUT2D eigenvalue weighted by Crippen LogP contribution is 2.38. The van der Waals surface area contributed by atoms with Gasteiger partial charge in [0.25, 0.3) is 0 Å². The number of ether oxygens (including phenoxy) is 2. The molecule has 1 aromatic heterocycles. The lowest BCUT2D eigenvalue weighted by atomic mass is 10.0. The van der Waals surface area contributed by atoms with Gasteiger partial charge < -0.3 is 24.6 Å². The zero-order chi connectivity index (χ0) is 33.5. The molecule has 3 rings (SSSR count). The van der Waals surface area contributed by atoms with Crippen LogP contribution in [0.25, 0.3) is 5.57 Å². The number of ketones is 1. The van der Waals surface area contributed by atoms with Crippen molar-refractivity contribution < 1.29 is 42.7 Å². The van der Waals surface area contributed by atoms with Crippen LogP contribution in [0.3, 0.4) is 0 Å². The number of aromatic nitrogens is 1. The Morgan fingerprint density at radius 1 is 0.978 bits per heavy atom. The maximum Gasteiger partial charge on any atom is 0.524 e. The number of anilines is 1. The fraction of sp³-hybridized carbons (Fsp3) is 0.312. The van der Waals surface area contributed by atoms with Crippen LogP contribution in [0.5, 0.6) is 17.2 Å². The van der Waals surface area contributed by atoms with Gasteiger partial charge in [0.15, 0.2) is 0 Å². The summed E-state index contributed by atoms with van der Waals surface area (Å²) in [5.74, 6) is -0.459. The molecule has 46 heavy (non-hydrogen) atoms. The number of rotatable bonds is 19. The lowest BCUT2D eigenvalue weighted by Gasteiger charge is -2.18. The third-order valence-electron chi connectivity index (χ3n) is 6.53. The molecule has 0 radical (unpaired) electrons. The van der Waals surface area contributed by atoms with E-state index in [1.807, 2.05) is 24.3 Å². The molecule has 246 valence electrons. The van der Waals surface area contributed by atoms with Crippen LogP contribution in [-0.2, 0) is 30.1 Å². The van der Waals surface area contributed by atoms with Crippen molar-refractivity contribution >= 4 is 36.7 Å². The zero-order valence-electron chi connectivity index (χ0n) is 25.7. The smallest absolute Gasteiger partial charge is 0.468 e. The van der Waals surface area contributed by atoms with Gasteiger partial charge in [-0.1, -0.05) is 12.6 Å². The molecule has 0 bridgehead atoms. The van der Waals surface area contributed by atoms with Gasteiger partial charge in [-0.05, 0) is 86.4 Å². The maximum absolute atomic E-state index is 12.7. The number of phosphoric acid groups is 1. The number of hydrogen-bond acceptors (Lipinski definition) is 10. The van der Waals surface area contributed by atoms with Crippen LogP contribution in [0.15, 0.2) is 73.4 Å². The Kier molecular flexibility index (Phi) is 13.9. The van der Waals surface area contributed by atoms with E-state index in [0.29, 0.717) is 29.2 Å². The number of hydrogen-bond donors (Lipinski definition) is 5. The van der Waals surface area contributed by atoms with Crippen molar-refractivity contribution in [1.29, 1.82) is 0 Å². The molecule has 13 nitrogen and oxygen atoms in total. The van der Waals surface area contributed by atoms with Crippen molar-refractivity contribution in [2.75, 3.05) is 32.1 Å². The minimum atomic E-state index is -4.69. The number of carbonyl (C=O) groups excluding carboxylic acids is 3. The van der Waals surface area contributed by atoms with Crippen LogP contribution in [0.2, 0.25) is 0 Å². The Morgan fingerprint density at radius 3 is 2.35 bits per heavy atom. The Morgan fingerprint density at radius 2 is 1.70 bits per heavy atom. The van der Waals surface area contributed by atoms with Crippen LogP contribution in [0, 0.1) is 0 Å². The van der Waals surface area contributed by atoms with Gasteiger partial charge in [-0.3, -0.25) is 34.5 Å². The molecule has 5 N–H and O–H groups in total. The molecular weight excluding hydrogens is 615 g/mol. The van der Waals surface area contributed by atoms with E-state index in [1.54, 1.807) is 18.3 Å². The fourth-order valence-electron chi connectivity index (χ4n) is 4.28. The molecule has 0 spiro atoms. The standard InChI is InChI=1S/C32H39N4O9P/c1-22(20-36-31(38)19-30(32(39)43-3)35-21-23(2)37)28-18-27(44-25-10-12-26(13-11-25)45-46(40,41)42)14-15-29(28)34-17-7-5-9-24-8-4-6-16-33-24/h4,6,8,10-16,18,30,34-35H,1,5,7,9,17,19-21H2,2-3H3,(H,36,38)(H2,40,41,42). The zero-order valence-corrected chi connectivity index (χ0v) is 26.6. The third-order valence-corrected chi connectivity index (χ3v) is 6.98. The number of amides is 1. The number of nitrogens with one attached hydrogen (secondary N) is 3. The summed E-state index contributed by atoms with van der Waals surface area (Å²) in [5.41, 5.74) is 3.04. The molecule has 0 aliphatic carbocycles. The predicted octanol–water partition coefficient (Wildman–Crippen LogP) is 4.02. The van der Waals surface area contributed by atoms with Gasteiger partial charge in [0, 0.05) is 36.2 Å². The average molecular weight is 655 g/mol. The van der Waals surface area contributed by atoms with Crippen molar-refractivity contribution in [1.82, 2.24) is 15.6 Å². The van der Waals surface area contributed by atoms with Crippen LogP contribution in [0.1, 0.15) is 37.4 Å². The van der Waals surface area contributed by atoms with E-state index in [1.165, 1.54) is 38.3 Å². The van der Waals surface area contributed by atoms with Gasteiger partial charge >= 0.3 is 13.8 Å². The summed E-state index contributed by atoms with van der Waals surface area (Å²) in [6.07, 6.45) is 4.20. The van der Waals surface area contributed by atoms with Gasteiger partial charge in [-0.15, -0.1) is 0 Å². The number of aryl methyl sites for hydroxylation is 1. The van der Waals surface area contributed by atoms with E-state index in [2.05, 4.69) is 32.0 Å². The number of nitrogens with zero attached hydrogens (tertiary/aromatic N) is 1. The van der Waals surface area contributed by atoms with Crippen LogP contribution in [-0.4, -0.2) is 65.2 Å². The topological polar surface area (TPSA) is 185 Å². The van der Waals surface area contributed by atoms with Gasteiger partial charge in [0.05, 0.1) is 20.1 Å². The number of unbranched alkanes of at least 4 members (excludes halogenated alkanes) is 1. The van der Waals surface area contributed by atoms with E-state index < -0.39 is 25.7 Å². The lowest BCUT2D eigenvalue weighted by Crippen LogP contribution is -2.43. The number of pyridine rings is 1. The highest BCUT2D eigenvalue weighted by molar-refractivity contribution is 7.46. The van der Waals surface area contributed by atoms with Crippen molar-refractivity contribution in [2.24, 2.45) is 0 Å². The molecule has 0 aliphatic heterocycles. The first-order chi connectivity index (χ1) is 21.9. The molecule has 2 aromatic carbocycles. The van der Waals surface area contributed by atoms with Crippen LogP contribution >= 0.6 is 7.82 Å². The molecule has 3 aromatic rings. The van der Waals surface area contributed by atoms with E-state index in [4.69, 9.17) is 19.3 Å². The van der Waals surface area contributed by atoms with Crippen molar-refractivity contribution in [3.63, 3.8) is 0 Å². The molecule has 1 unspecified atom stereocenters. The molecule has 1 atom stereocenters. The first-order valence-electron chi connectivity index (χ1n) is 14.5. The van der Waals surface area contributed by atoms with Crippen LogP contribution < -0.4 is 25.2 Å². The van der Waals surface area contributed by atoms with E-state index in [-0.39, 0.29) is 31.0 Å². The van der Waals surface area contributed by atoms with Gasteiger partial charge in [0.1, 0.15) is 29.1 Å². The highest BCUT2D eigenvalue weighted by Gasteiger charge is 2.23. The summed E-state index contributed by atoms with van der Waals surface area (Å²) < 4.78 is 26.4. The molecular formula is C32H39N4O9P. The number of carbonyl (C=O) groups is 3. The summed E-state index contributed by atoms with van der Waals surface area (Å²) in [6, 6.07) is 16.0. The molecule has 0 fully saturated rings. The molecule has 14 heteroatoms. The number of Topliss-reactive ketones (excluding diaryl/α,β-unsaturated/α-hetero) is 1. The second kappa shape index (κ2) is 17.8. The van der Waals surface area contributed by atoms with Crippen molar-refractivity contribution in [3.8, 4) is 17.2 Å². The quantitative estimate of drug-likeness (QED) is 0.0712. The number of methoxy groups -OCH3 is 1. The fourth-order valence-corrected chi connectivity index (χ4v) is 4.68. The van der Waals surface area contributed by atoms with E-state index >= 15 is 0 Å². The Labute approximate surface area is 267 Å². The second-order valence-electron chi connectivity index (χ2n) is 10.3. The van der Waals surface area contributed by atoms with Gasteiger partial charge in [-0.2, -0.15) is 0 Å². The highest BCUT2D eigenvalue weighted by atomic mass is 31.2. The SMILES string of the molecule is C=C(CNC(=O)CC(NCC(C)=O)C(=O)OC)c1cc(Oc2ccc(OP(=O)(O)O)cc2)ccc1NCCCCc1ccccn1. The normalized spacial score (nSPS) is 11.7. The predicted molar refractivity (Wildman–Crippen MR) is 172 cm³/mol.